The number of amides is 1. The summed E-state index contributed by atoms with van der Waals surface area (Å²) in [5.74, 6) is 1.43. The van der Waals surface area contributed by atoms with Gasteiger partial charge in [-0.2, -0.15) is 9.89 Å². The second-order valence-electron chi connectivity index (χ2n) is 7.91. The van der Waals surface area contributed by atoms with Gasteiger partial charge in [0, 0.05) is 18.4 Å². The maximum Gasteiger partial charge on any atom is 0.254 e. The van der Waals surface area contributed by atoms with Gasteiger partial charge in [-0.3, -0.25) is 4.79 Å². The lowest BCUT2D eigenvalue weighted by Gasteiger charge is -2.58. The zero-order chi connectivity index (χ0) is 16.3. The van der Waals surface area contributed by atoms with Gasteiger partial charge in [0.2, 0.25) is 0 Å². The van der Waals surface area contributed by atoms with E-state index in [4.69, 9.17) is 0 Å². The molecule has 2 N–H and O–H groups in total. The quantitative estimate of drug-likeness (QED) is 0.901. The van der Waals surface area contributed by atoms with E-state index in [1.165, 1.54) is 0 Å². The van der Waals surface area contributed by atoms with Crippen LogP contribution in [0.25, 0.3) is 0 Å². The second-order valence-corrected chi connectivity index (χ2v) is 7.91. The summed E-state index contributed by atoms with van der Waals surface area (Å²) in [6.45, 7) is 0. The van der Waals surface area contributed by atoms with E-state index in [1.54, 1.807) is 17.2 Å². The van der Waals surface area contributed by atoms with Crippen molar-refractivity contribution in [2.75, 3.05) is 0 Å². The number of hydrogen-bond donors (Lipinski definition) is 2. The van der Waals surface area contributed by atoms with Gasteiger partial charge >= 0.3 is 0 Å². The van der Waals surface area contributed by atoms with E-state index >= 15 is 0 Å². The second kappa shape index (κ2) is 4.96. The Morgan fingerprint density at radius 2 is 1.92 bits per heavy atom. The zero-order valence-corrected chi connectivity index (χ0v) is 13.5. The summed E-state index contributed by atoms with van der Waals surface area (Å²) in [7, 11) is 0. The average molecular weight is 326 g/mol. The number of aliphatic hydroxyl groups is 1. The Balaban J connectivity index is 1.33. The largest absolute Gasteiger partial charge is 0.390 e. The molecule has 4 aliphatic rings. The molecule has 4 fully saturated rings. The lowest BCUT2D eigenvalue weighted by molar-refractivity contribution is -0.136. The molecule has 4 bridgehead atoms. The van der Waals surface area contributed by atoms with Gasteiger partial charge in [-0.05, 0) is 62.0 Å². The van der Waals surface area contributed by atoms with Crippen molar-refractivity contribution in [3.05, 3.63) is 42.5 Å². The summed E-state index contributed by atoms with van der Waals surface area (Å²) >= 11 is 0. The first kappa shape index (κ1) is 14.3. The van der Waals surface area contributed by atoms with Gasteiger partial charge < -0.3 is 10.4 Å². The van der Waals surface area contributed by atoms with E-state index in [0.717, 1.165) is 32.1 Å². The van der Waals surface area contributed by atoms with Gasteiger partial charge in [-0.25, -0.2) is 4.68 Å². The third-order valence-electron chi connectivity index (χ3n) is 6.20. The van der Waals surface area contributed by atoms with Gasteiger partial charge in [0.25, 0.3) is 5.91 Å². The molecule has 24 heavy (non-hydrogen) atoms. The van der Waals surface area contributed by atoms with Crippen LogP contribution in [0.1, 0.15) is 42.5 Å². The SMILES string of the molecule is O=C(NC1C2CC3CC1CC(O)(C3)C2)c1cnn(-n2cccc2)c1. The maximum absolute atomic E-state index is 12.7. The van der Waals surface area contributed by atoms with E-state index in [0.29, 0.717) is 23.3 Å². The van der Waals surface area contributed by atoms with Crippen molar-refractivity contribution in [3.63, 3.8) is 0 Å². The molecule has 2 atom stereocenters. The average Bonchev–Trinajstić information content (AvgIpc) is 3.19. The highest BCUT2D eigenvalue weighted by atomic mass is 16.3. The standard InChI is InChI=1S/C18H22N4O2/c23-17(15-10-19-22(11-15)21-3-1-2-4-21)20-16-13-5-12-6-14(16)9-18(24,7-12)8-13/h1-4,10-14,16,24H,5-9H2,(H,20,23). The third kappa shape index (κ3) is 2.20. The van der Waals surface area contributed by atoms with Crippen molar-refractivity contribution >= 4 is 5.91 Å². The third-order valence-corrected chi connectivity index (χ3v) is 6.20. The number of aromatic nitrogens is 3. The summed E-state index contributed by atoms with van der Waals surface area (Å²) in [6, 6.07) is 4.03. The first-order chi connectivity index (χ1) is 11.6. The minimum absolute atomic E-state index is 0.0575. The highest BCUT2D eigenvalue weighted by Gasteiger charge is 2.55. The minimum atomic E-state index is -0.461. The molecule has 2 aromatic heterocycles. The molecule has 0 aliphatic heterocycles. The molecule has 2 aromatic rings. The molecular formula is C18H22N4O2. The highest BCUT2D eigenvalue weighted by molar-refractivity contribution is 5.93. The number of carbonyl (C=O) groups is 1. The first-order valence-electron chi connectivity index (χ1n) is 8.81. The first-order valence-corrected chi connectivity index (χ1v) is 8.81. The van der Waals surface area contributed by atoms with Gasteiger partial charge in [0.1, 0.15) is 0 Å². The normalized spacial score (nSPS) is 36.9. The zero-order valence-electron chi connectivity index (χ0n) is 13.5. The summed E-state index contributed by atoms with van der Waals surface area (Å²) in [4.78, 5) is 14.3. The van der Waals surface area contributed by atoms with Crippen LogP contribution < -0.4 is 5.32 Å². The summed E-state index contributed by atoms with van der Waals surface area (Å²) in [5.41, 5.74) is 0.119. The Morgan fingerprint density at radius 1 is 1.21 bits per heavy atom. The minimum Gasteiger partial charge on any atom is -0.390 e. The number of nitrogens with one attached hydrogen (secondary N) is 1. The molecule has 126 valence electrons. The lowest BCUT2D eigenvalue weighted by atomic mass is 9.52. The molecule has 0 saturated heterocycles. The van der Waals surface area contributed by atoms with E-state index in [1.807, 2.05) is 29.2 Å². The van der Waals surface area contributed by atoms with E-state index < -0.39 is 5.60 Å². The smallest absolute Gasteiger partial charge is 0.254 e. The van der Waals surface area contributed by atoms with Crippen LogP contribution in [0.3, 0.4) is 0 Å². The Morgan fingerprint density at radius 3 is 2.58 bits per heavy atom. The number of nitrogens with zero attached hydrogens (tertiary/aromatic N) is 3. The van der Waals surface area contributed by atoms with Crippen molar-refractivity contribution in [3.8, 4) is 0 Å². The van der Waals surface area contributed by atoms with Crippen molar-refractivity contribution in [1.29, 1.82) is 0 Å². The molecular weight excluding hydrogens is 304 g/mol. The molecule has 4 saturated carbocycles. The predicted octanol–water partition coefficient (Wildman–Crippen LogP) is 1.67. The Labute approximate surface area is 140 Å². The van der Waals surface area contributed by atoms with Crippen LogP contribution in [-0.2, 0) is 0 Å². The Bertz CT molecular complexity index is 750. The van der Waals surface area contributed by atoms with Crippen LogP contribution >= 0.6 is 0 Å². The van der Waals surface area contributed by atoms with Crippen LogP contribution in [0.15, 0.2) is 36.9 Å². The Kier molecular flexibility index (Phi) is 2.95. The van der Waals surface area contributed by atoms with Gasteiger partial charge in [-0.15, -0.1) is 0 Å². The molecule has 6 rings (SSSR count). The van der Waals surface area contributed by atoms with Crippen molar-refractivity contribution in [2.24, 2.45) is 17.8 Å². The molecule has 6 heteroatoms. The molecule has 0 radical (unpaired) electrons. The van der Waals surface area contributed by atoms with Crippen LogP contribution in [0, 0.1) is 17.8 Å². The summed E-state index contributed by atoms with van der Waals surface area (Å²) < 4.78 is 1.81. The van der Waals surface area contributed by atoms with Crippen LogP contribution in [-0.4, -0.2) is 37.2 Å². The van der Waals surface area contributed by atoms with Crippen LogP contribution in [0.5, 0.6) is 0 Å². The van der Waals surface area contributed by atoms with Crippen LogP contribution in [0.2, 0.25) is 0 Å². The van der Waals surface area contributed by atoms with Gasteiger partial charge in [0.05, 0.1) is 23.6 Å². The fourth-order valence-electron chi connectivity index (χ4n) is 5.47. The fraction of sp³-hybridized carbons (Fsp3) is 0.556. The van der Waals surface area contributed by atoms with E-state index in [9.17, 15) is 9.90 Å². The van der Waals surface area contributed by atoms with Crippen molar-refractivity contribution in [1.82, 2.24) is 19.9 Å². The van der Waals surface area contributed by atoms with E-state index in [2.05, 4.69) is 10.4 Å². The molecule has 1 amide bonds. The Hall–Kier alpha value is -2.08. The van der Waals surface area contributed by atoms with E-state index in [-0.39, 0.29) is 11.9 Å². The van der Waals surface area contributed by atoms with Gasteiger partial charge in [0.15, 0.2) is 0 Å². The van der Waals surface area contributed by atoms with Crippen molar-refractivity contribution < 1.29 is 9.90 Å². The molecule has 4 aliphatic carbocycles. The molecule has 6 nitrogen and oxygen atoms in total. The highest BCUT2D eigenvalue weighted by Crippen LogP contribution is 2.55. The van der Waals surface area contributed by atoms with Crippen LogP contribution in [0.4, 0.5) is 0 Å². The molecule has 0 aromatic carbocycles. The fourth-order valence-corrected chi connectivity index (χ4v) is 5.47. The monoisotopic (exact) mass is 326 g/mol. The number of rotatable bonds is 3. The molecule has 2 heterocycles. The molecule has 0 spiro atoms. The lowest BCUT2D eigenvalue weighted by Crippen LogP contribution is -2.61. The van der Waals surface area contributed by atoms with Crippen molar-refractivity contribution in [2.45, 2.75) is 43.7 Å². The maximum atomic E-state index is 12.7. The van der Waals surface area contributed by atoms with Gasteiger partial charge in [-0.1, -0.05) is 0 Å². The number of carbonyl (C=O) groups excluding carboxylic acids is 1. The topological polar surface area (TPSA) is 72.1 Å². The molecule has 2 unspecified atom stereocenters. The number of hydrogen-bond acceptors (Lipinski definition) is 3. The summed E-state index contributed by atoms with van der Waals surface area (Å²) in [5, 5.41) is 18.1. The summed E-state index contributed by atoms with van der Waals surface area (Å²) in [6.07, 6.45) is 12.1. The predicted molar refractivity (Wildman–Crippen MR) is 87.2 cm³/mol.